The fourth-order valence-corrected chi connectivity index (χ4v) is 4.04. The monoisotopic (exact) mass is 550 g/mol. The molecule has 3 rings (SSSR count). The average molecular weight is 551 g/mol. The maximum atomic E-state index is 13.0. The molecule has 0 atom stereocenters. The van der Waals surface area contributed by atoms with Crippen molar-refractivity contribution in [2.24, 2.45) is 0 Å². The molecule has 0 spiro atoms. The summed E-state index contributed by atoms with van der Waals surface area (Å²) in [5.41, 5.74) is 8.98. The van der Waals surface area contributed by atoms with Gasteiger partial charge >= 0.3 is 0 Å². The number of nitrogens with one attached hydrogen (secondary N) is 1. The molecular formula is C30H34N2O8. The zero-order valence-electron chi connectivity index (χ0n) is 23.6. The lowest BCUT2D eigenvalue weighted by Crippen LogP contribution is -2.11. The molecule has 0 saturated carbocycles. The van der Waals surface area contributed by atoms with Gasteiger partial charge in [-0.15, -0.1) is 0 Å². The molecule has 0 heterocycles. The van der Waals surface area contributed by atoms with Gasteiger partial charge in [0.25, 0.3) is 0 Å². The van der Waals surface area contributed by atoms with Crippen molar-refractivity contribution in [3.8, 4) is 40.2 Å². The van der Waals surface area contributed by atoms with Crippen molar-refractivity contribution >= 4 is 35.5 Å². The largest absolute Gasteiger partial charge is 0.493 e. The first-order valence-corrected chi connectivity index (χ1v) is 12.1. The topological polar surface area (TPSA) is 120 Å². The summed E-state index contributed by atoms with van der Waals surface area (Å²) in [4.78, 5) is 13.0. The number of benzene rings is 3. The Morgan fingerprint density at radius 3 is 1.68 bits per heavy atom. The SMILES string of the molecule is COc1cc(/C=C/C(=O)Nc2c(C=Cc3cc(OC)c(OC)c(OC)c3)ccc(OC)c2OC)cc(N)c1OC. The van der Waals surface area contributed by atoms with Gasteiger partial charge < -0.3 is 44.2 Å². The number of nitrogens with two attached hydrogens (primary N) is 1. The number of hydrogen-bond donors (Lipinski definition) is 2. The molecule has 3 N–H and O–H groups in total. The van der Waals surface area contributed by atoms with Crippen molar-refractivity contribution in [3.63, 3.8) is 0 Å². The van der Waals surface area contributed by atoms with Crippen LogP contribution < -0.4 is 44.2 Å². The molecule has 0 radical (unpaired) electrons. The quantitative estimate of drug-likeness (QED) is 0.179. The zero-order chi connectivity index (χ0) is 29.2. The lowest BCUT2D eigenvalue weighted by atomic mass is 10.1. The lowest BCUT2D eigenvalue weighted by Gasteiger charge is -2.16. The van der Waals surface area contributed by atoms with Gasteiger partial charge in [-0.2, -0.15) is 0 Å². The fraction of sp³-hybridized carbons (Fsp3) is 0.233. The molecule has 0 saturated heterocycles. The fourth-order valence-electron chi connectivity index (χ4n) is 4.04. The number of hydrogen-bond acceptors (Lipinski definition) is 9. The number of carbonyl (C=O) groups excluding carboxylic acids is 1. The van der Waals surface area contributed by atoms with Crippen molar-refractivity contribution in [2.75, 3.05) is 60.8 Å². The second-order valence-corrected chi connectivity index (χ2v) is 8.23. The summed E-state index contributed by atoms with van der Waals surface area (Å²) in [6.45, 7) is 0. The highest BCUT2D eigenvalue weighted by Crippen LogP contribution is 2.41. The average Bonchev–Trinajstić information content (AvgIpc) is 2.97. The summed E-state index contributed by atoms with van der Waals surface area (Å²) in [6, 6.07) is 10.6. The molecule has 0 aromatic heterocycles. The Bertz CT molecular complexity index is 1390. The third-order valence-electron chi connectivity index (χ3n) is 5.93. The summed E-state index contributed by atoms with van der Waals surface area (Å²) < 4.78 is 38.0. The van der Waals surface area contributed by atoms with E-state index in [2.05, 4.69) is 5.32 Å². The Morgan fingerprint density at radius 1 is 0.625 bits per heavy atom. The van der Waals surface area contributed by atoms with E-state index in [0.717, 1.165) is 5.56 Å². The van der Waals surface area contributed by atoms with Gasteiger partial charge in [0.1, 0.15) is 0 Å². The first-order chi connectivity index (χ1) is 19.3. The standard InChI is InChI=1S/C30H34N2O8/c1-34-22-12-11-20(10-8-19-16-24(36-3)29(39-6)25(17-19)37-4)27(30(22)40-7)32-26(33)13-9-18-14-21(31)28(38-5)23(15-18)35-2/h8-17H,31H2,1-7H3,(H,32,33)/b10-8?,13-9+. The molecule has 3 aromatic carbocycles. The summed E-state index contributed by atoms with van der Waals surface area (Å²) in [7, 11) is 10.7. The van der Waals surface area contributed by atoms with Gasteiger partial charge in [0, 0.05) is 11.6 Å². The van der Waals surface area contributed by atoms with Gasteiger partial charge in [-0.1, -0.05) is 12.2 Å². The van der Waals surface area contributed by atoms with Crippen LogP contribution in [0.3, 0.4) is 0 Å². The normalized spacial score (nSPS) is 10.9. The highest BCUT2D eigenvalue weighted by molar-refractivity contribution is 6.05. The first-order valence-electron chi connectivity index (χ1n) is 12.1. The molecule has 1 amide bonds. The number of rotatable bonds is 12. The summed E-state index contributed by atoms with van der Waals surface area (Å²) in [5.74, 6) is 2.83. The third kappa shape index (κ3) is 6.52. The molecule has 0 fully saturated rings. The Hall–Kier alpha value is -4.99. The Labute approximate surface area is 233 Å². The molecule has 0 unspecified atom stereocenters. The number of amides is 1. The van der Waals surface area contributed by atoms with Crippen LogP contribution in [0.2, 0.25) is 0 Å². The number of carbonyl (C=O) groups is 1. The van der Waals surface area contributed by atoms with Crippen LogP contribution in [0.4, 0.5) is 11.4 Å². The summed E-state index contributed by atoms with van der Waals surface area (Å²) >= 11 is 0. The zero-order valence-corrected chi connectivity index (χ0v) is 23.6. The van der Waals surface area contributed by atoms with Gasteiger partial charge in [-0.3, -0.25) is 4.79 Å². The van der Waals surface area contributed by atoms with Crippen molar-refractivity contribution in [1.82, 2.24) is 0 Å². The molecule has 0 aliphatic heterocycles. The second kappa shape index (κ2) is 13.7. The first kappa shape index (κ1) is 29.6. The van der Waals surface area contributed by atoms with Crippen LogP contribution in [0, 0.1) is 0 Å². The predicted octanol–water partition coefficient (Wildman–Crippen LogP) is 5.15. The molecular weight excluding hydrogens is 516 g/mol. The number of anilines is 2. The van der Waals surface area contributed by atoms with E-state index in [1.54, 1.807) is 45.6 Å². The van der Waals surface area contributed by atoms with E-state index in [4.69, 9.17) is 38.9 Å². The van der Waals surface area contributed by atoms with Gasteiger partial charge in [-0.25, -0.2) is 0 Å². The van der Waals surface area contributed by atoms with Gasteiger partial charge in [0.15, 0.2) is 34.5 Å². The minimum Gasteiger partial charge on any atom is -0.493 e. The van der Waals surface area contributed by atoms with Gasteiger partial charge in [-0.05, 0) is 53.6 Å². The lowest BCUT2D eigenvalue weighted by molar-refractivity contribution is -0.111. The highest BCUT2D eigenvalue weighted by atomic mass is 16.5. The minimum atomic E-state index is -0.401. The minimum absolute atomic E-state index is 0.367. The van der Waals surface area contributed by atoms with Gasteiger partial charge in [0.05, 0.1) is 61.1 Å². The molecule has 40 heavy (non-hydrogen) atoms. The number of ether oxygens (including phenoxy) is 7. The maximum Gasteiger partial charge on any atom is 0.248 e. The molecule has 10 nitrogen and oxygen atoms in total. The van der Waals surface area contributed by atoms with Crippen molar-refractivity contribution < 1.29 is 38.0 Å². The Kier molecular flexibility index (Phi) is 10.1. The van der Waals surface area contributed by atoms with Crippen LogP contribution in [-0.2, 0) is 4.79 Å². The van der Waals surface area contributed by atoms with Crippen LogP contribution in [0.15, 0.2) is 42.5 Å². The van der Waals surface area contributed by atoms with Gasteiger partial charge in [0.2, 0.25) is 11.7 Å². The molecule has 10 heteroatoms. The smallest absolute Gasteiger partial charge is 0.248 e. The number of methoxy groups -OCH3 is 7. The second-order valence-electron chi connectivity index (χ2n) is 8.23. The molecule has 0 bridgehead atoms. The van der Waals surface area contributed by atoms with Crippen molar-refractivity contribution in [2.45, 2.75) is 0 Å². The summed E-state index contributed by atoms with van der Waals surface area (Å²) in [5, 5.41) is 2.90. The Balaban J connectivity index is 1.97. The predicted molar refractivity (Wildman–Crippen MR) is 156 cm³/mol. The maximum absolute atomic E-state index is 13.0. The van der Waals surface area contributed by atoms with E-state index in [-0.39, 0.29) is 0 Å². The molecule has 0 aliphatic rings. The van der Waals surface area contributed by atoms with Crippen LogP contribution >= 0.6 is 0 Å². The number of nitrogen functional groups attached to an aromatic ring is 1. The van der Waals surface area contributed by atoms with E-state index in [9.17, 15) is 4.79 Å². The van der Waals surface area contributed by atoms with Crippen LogP contribution in [-0.4, -0.2) is 55.7 Å². The molecule has 0 aliphatic carbocycles. The van der Waals surface area contributed by atoms with E-state index >= 15 is 0 Å². The van der Waals surface area contributed by atoms with Crippen molar-refractivity contribution in [1.29, 1.82) is 0 Å². The third-order valence-corrected chi connectivity index (χ3v) is 5.93. The van der Waals surface area contributed by atoms with E-state index < -0.39 is 5.91 Å². The van der Waals surface area contributed by atoms with E-state index in [1.807, 2.05) is 30.4 Å². The van der Waals surface area contributed by atoms with Crippen LogP contribution in [0.1, 0.15) is 16.7 Å². The molecule has 212 valence electrons. The Morgan fingerprint density at radius 2 is 1.15 bits per heavy atom. The van der Waals surface area contributed by atoms with Crippen LogP contribution in [0.25, 0.3) is 18.2 Å². The highest BCUT2D eigenvalue weighted by Gasteiger charge is 2.17. The van der Waals surface area contributed by atoms with Crippen molar-refractivity contribution in [3.05, 3.63) is 59.2 Å². The van der Waals surface area contributed by atoms with Crippen LogP contribution in [0.5, 0.6) is 40.2 Å². The van der Waals surface area contributed by atoms with E-state index in [1.165, 1.54) is 34.5 Å². The molecule has 3 aromatic rings. The summed E-state index contributed by atoms with van der Waals surface area (Å²) in [6.07, 6.45) is 6.68. The van der Waals surface area contributed by atoms with E-state index in [0.29, 0.717) is 62.7 Å².